The van der Waals surface area contributed by atoms with E-state index in [2.05, 4.69) is 21.9 Å². The Morgan fingerprint density at radius 2 is 1.90 bits per heavy atom. The summed E-state index contributed by atoms with van der Waals surface area (Å²) >= 11 is 0. The minimum Gasteiger partial charge on any atom is -0.490 e. The van der Waals surface area contributed by atoms with Gasteiger partial charge in [-0.05, 0) is 67.8 Å². The van der Waals surface area contributed by atoms with E-state index in [1.807, 2.05) is 38.1 Å². The van der Waals surface area contributed by atoms with Crippen molar-refractivity contribution in [2.24, 2.45) is 0 Å². The summed E-state index contributed by atoms with van der Waals surface area (Å²) in [5.41, 5.74) is 2.89. The third-order valence-electron chi connectivity index (χ3n) is 6.22. The minimum absolute atomic E-state index is 0.0384. The van der Waals surface area contributed by atoms with E-state index < -0.39 is 17.9 Å². The Morgan fingerprint density at radius 1 is 1.12 bits per heavy atom. The molecule has 1 aliphatic rings. The second-order valence-electron chi connectivity index (χ2n) is 9.22. The van der Waals surface area contributed by atoms with Crippen LogP contribution in [-0.2, 0) is 27.3 Å². The molecule has 2 N–H and O–H groups in total. The Kier molecular flexibility index (Phi) is 9.43. The number of para-hydroxylation sites is 1. The first-order chi connectivity index (χ1) is 20.2. The van der Waals surface area contributed by atoms with Gasteiger partial charge in [0.25, 0.3) is 11.8 Å². The SMILES string of the molecule is C=CCc1cc(/C=C2\NC(=O)N(Cc3ccc(C(=O)OC)o3)C2=O)cc(OCC)c1OCC(=O)Nc1ccccc1C. The fourth-order valence-corrected chi connectivity index (χ4v) is 4.25. The number of rotatable bonds is 12. The Bertz CT molecular complexity index is 1560. The van der Waals surface area contributed by atoms with Crippen LogP contribution < -0.4 is 20.1 Å². The number of anilines is 1. The molecule has 2 heterocycles. The van der Waals surface area contributed by atoms with Gasteiger partial charge in [-0.1, -0.05) is 24.3 Å². The summed E-state index contributed by atoms with van der Waals surface area (Å²) in [6.07, 6.45) is 3.59. The van der Waals surface area contributed by atoms with E-state index >= 15 is 0 Å². The van der Waals surface area contributed by atoms with Gasteiger partial charge >= 0.3 is 12.0 Å². The molecule has 0 aliphatic carbocycles. The van der Waals surface area contributed by atoms with Gasteiger partial charge in [0.05, 0.1) is 20.3 Å². The molecule has 1 aromatic heterocycles. The zero-order chi connectivity index (χ0) is 30.2. The number of allylic oxidation sites excluding steroid dienone is 1. The third-order valence-corrected chi connectivity index (χ3v) is 6.22. The minimum atomic E-state index is -0.668. The van der Waals surface area contributed by atoms with Gasteiger partial charge in [-0.2, -0.15) is 0 Å². The fourth-order valence-electron chi connectivity index (χ4n) is 4.25. The largest absolute Gasteiger partial charge is 0.490 e. The number of carbonyl (C=O) groups is 4. The van der Waals surface area contributed by atoms with Crippen LogP contribution in [0.15, 0.2) is 71.3 Å². The maximum Gasteiger partial charge on any atom is 0.373 e. The normalized spacial score (nSPS) is 13.6. The summed E-state index contributed by atoms with van der Waals surface area (Å²) in [7, 11) is 1.22. The molecular formula is C31H31N3O8. The monoisotopic (exact) mass is 573 g/mol. The number of benzene rings is 2. The summed E-state index contributed by atoms with van der Waals surface area (Å²) in [6, 6.07) is 13.1. The number of ether oxygens (including phenoxy) is 3. The van der Waals surface area contributed by atoms with Crippen molar-refractivity contribution in [3.05, 3.63) is 95.1 Å². The first-order valence-electron chi connectivity index (χ1n) is 13.1. The van der Waals surface area contributed by atoms with Gasteiger partial charge in [-0.3, -0.25) is 14.5 Å². The maximum absolute atomic E-state index is 13.1. The Labute approximate surface area is 242 Å². The molecule has 0 bridgehead atoms. The van der Waals surface area contributed by atoms with E-state index in [1.165, 1.54) is 25.3 Å². The molecule has 2 aromatic carbocycles. The molecule has 42 heavy (non-hydrogen) atoms. The van der Waals surface area contributed by atoms with Crippen molar-refractivity contribution in [3.63, 3.8) is 0 Å². The highest BCUT2D eigenvalue weighted by Crippen LogP contribution is 2.35. The van der Waals surface area contributed by atoms with Crippen molar-refractivity contribution >= 4 is 35.6 Å². The number of carbonyl (C=O) groups excluding carboxylic acids is 4. The van der Waals surface area contributed by atoms with Gasteiger partial charge in [-0.25, -0.2) is 9.59 Å². The molecule has 3 aromatic rings. The number of urea groups is 1. The number of furan rings is 1. The highest BCUT2D eigenvalue weighted by molar-refractivity contribution is 6.13. The summed E-state index contributed by atoms with van der Waals surface area (Å²) < 4.78 is 21.8. The first-order valence-corrected chi connectivity index (χ1v) is 13.1. The summed E-state index contributed by atoms with van der Waals surface area (Å²) in [5, 5.41) is 5.41. The van der Waals surface area contributed by atoms with Gasteiger partial charge in [0, 0.05) is 11.3 Å². The van der Waals surface area contributed by atoms with Crippen LogP contribution in [0.5, 0.6) is 11.5 Å². The average Bonchev–Trinajstić information content (AvgIpc) is 3.54. The second kappa shape index (κ2) is 13.4. The van der Waals surface area contributed by atoms with Gasteiger partial charge in [0.1, 0.15) is 11.5 Å². The van der Waals surface area contributed by atoms with E-state index in [1.54, 1.807) is 18.2 Å². The Balaban J connectivity index is 1.54. The number of amides is 4. The lowest BCUT2D eigenvalue weighted by molar-refractivity contribution is -0.123. The van der Waals surface area contributed by atoms with Crippen LogP contribution in [-0.4, -0.2) is 49.0 Å². The fraction of sp³-hybridized carbons (Fsp3) is 0.226. The van der Waals surface area contributed by atoms with Crippen LogP contribution in [0.4, 0.5) is 10.5 Å². The molecule has 0 radical (unpaired) electrons. The number of esters is 1. The number of hydrogen-bond donors (Lipinski definition) is 2. The number of nitrogens with zero attached hydrogens (tertiary/aromatic N) is 1. The maximum atomic E-state index is 13.1. The molecule has 0 atom stereocenters. The lowest BCUT2D eigenvalue weighted by Crippen LogP contribution is -2.30. The number of aryl methyl sites for hydroxylation is 1. The van der Waals surface area contributed by atoms with Crippen LogP contribution >= 0.6 is 0 Å². The number of hydrogen-bond acceptors (Lipinski definition) is 8. The molecule has 1 saturated heterocycles. The zero-order valence-electron chi connectivity index (χ0n) is 23.5. The zero-order valence-corrected chi connectivity index (χ0v) is 23.5. The third kappa shape index (κ3) is 6.87. The lowest BCUT2D eigenvalue weighted by Gasteiger charge is -2.17. The quantitative estimate of drug-likeness (QED) is 0.139. The van der Waals surface area contributed by atoms with E-state index in [0.717, 1.165) is 10.5 Å². The number of nitrogens with one attached hydrogen (secondary N) is 2. The van der Waals surface area contributed by atoms with Crippen molar-refractivity contribution in [1.82, 2.24) is 10.2 Å². The molecule has 0 unspecified atom stereocenters. The summed E-state index contributed by atoms with van der Waals surface area (Å²) in [6.45, 7) is 7.40. The predicted octanol–water partition coefficient (Wildman–Crippen LogP) is 4.61. The molecule has 0 saturated carbocycles. The number of methoxy groups -OCH3 is 1. The van der Waals surface area contributed by atoms with Crippen molar-refractivity contribution in [2.45, 2.75) is 26.8 Å². The van der Waals surface area contributed by atoms with Crippen LogP contribution in [0, 0.1) is 6.92 Å². The Hall–Kier alpha value is -5.32. The van der Waals surface area contributed by atoms with Crippen LogP contribution in [0.25, 0.3) is 6.08 Å². The smallest absolute Gasteiger partial charge is 0.373 e. The van der Waals surface area contributed by atoms with Crippen LogP contribution in [0.1, 0.15) is 39.9 Å². The van der Waals surface area contributed by atoms with E-state index in [4.69, 9.17) is 13.9 Å². The average molecular weight is 574 g/mol. The molecular weight excluding hydrogens is 542 g/mol. The predicted molar refractivity (Wildman–Crippen MR) is 154 cm³/mol. The topological polar surface area (TPSA) is 136 Å². The van der Waals surface area contributed by atoms with Gasteiger partial charge < -0.3 is 29.3 Å². The highest BCUT2D eigenvalue weighted by atomic mass is 16.5. The molecule has 11 heteroatoms. The lowest BCUT2D eigenvalue weighted by atomic mass is 10.0. The van der Waals surface area contributed by atoms with Crippen LogP contribution in [0.2, 0.25) is 0 Å². The van der Waals surface area contributed by atoms with E-state index in [0.29, 0.717) is 41.3 Å². The van der Waals surface area contributed by atoms with Crippen LogP contribution in [0.3, 0.4) is 0 Å². The molecule has 0 spiro atoms. The first kappa shape index (κ1) is 29.7. The van der Waals surface area contributed by atoms with Crippen molar-refractivity contribution in [1.29, 1.82) is 0 Å². The second-order valence-corrected chi connectivity index (χ2v) is 9.22. The van der Waals surface area contributed by atoms with Crippen molar-refractivity contribution in [2.75, 3.05) is 25.6 Å². The highest BCUT2D eigenvalue weighted by Gasteiger charge is 2.34. The number of imide groups is 1. The summed E-state index contributed by atoms with van der Waals surface area (Å²) in [5.74, 6) is -0.639. The molecule has 4 rings (SSSR count). The molecule has 1 aliphatic heterocycles. The van der Waals surface area contributed by atoms with Crippen molar-refractivity contribution < 1.29 is 37.8 Å². The standard InChI is InChI=1S/C31H31N3O8/c1-5-9-21-14-20(15-24-29(36)34(31(38)33-24)17-22-12-13-25(42-22)30(37)39-4)16-26(40-6-2)28(21)41-18-27(35)32-23-11-8-7-10-19(23)3/h5,7-8,10-16H,1,6,9,17-18H2,2-4H3,(H,32,35)(H,33,38)/b24-15-. The van der Waals surface area contributed by atoms with Gasteiger partial charge in [0.2, 0.25) is 5.76 Å². The van der Waals surface area contributed by atoms with E-state index in [9.17, 15) is 19.2 Å². The van der Waals surface area contributed by atoms with Crippen molar-refractivity contribution in [3.8, 4) is 11.5 Å². The molecule has 11 nitrogen and oxygen atoms in total. The van der Waals surface area contributed by atoms with Gasteiger partial charge in [0.15, 0.2) is 18.1 Å². The van der Waals surface area contributed by atoms with Gasteiger partial charge in [-0.15, -0.1) is 6.58 Å². The molecule has 1 fully saturated rings. The summed E-state index contributed by atoms with van der Waals surface area (Å²) in [4.78, 5) is 50.9. The molecule has 218 valence electrons. The van der Waals surface area contributed by atoms with E-state index in [-0.39, 0.29) is 36.3 Å². The molecule has 4 amide bonds. The Morgan fingerprint density at radius 3 is 2.62 bits per heavy atom.